The molecule has 1 unspecified atom stereocenters. The minimum Gasteiger partial charge on any atom is -0.494 e. The van der Waals surface area contributed by atoms with Crippen LogP contribution < -0.4 is 15.4 Å². The summed E-state index contributed by atoms with van der Waals surface area (Å²) >= 11 is 0. The van der Waals surface area contributed by atoms with Gasteiger partial charge in [0, 0.05) is 25.7 Å². The van der Waals surface area contributed by atoms with Crippen molar-refractivity contribution in [2.45, 2.75) is 19.5 Å². The SMILES string of the molecule is CCOc1ccccc1CNC(=NC)NCC(c1ccco1)N(C)C. The van der Waals surface area contributed by atoms with Gasteiger partial charge >= 0.3 is 0 Å². The van der Waals surface area contributed by atoms with Gasteiger partial charge < -0.3 is 19.8 Å². The molecule has 6 heteroatoms. The van der Waals surface area contributed by atoms with Crippen LogP contribution in [0.1, 0.15) is 24.3 Å². The first-order chi connectivity index (χ1) is 12.2. The van der Waals surface area contributed by atoms with E-state index in [0.29, 0.717) is 19.7 Å². The summed E-state index contributed by atoms with van der Waals surface area (Å²) in [6.07, 6.45) is 1.70. The van der Waals surface area contributed by atoms with Crippen LogP contribution in [0.3, 0.4) is 0 Å². The van der Waals surface area contributed by atoms with E-state index in [1.54, 1.807) is 13.3 Å². The zero-order chi connectivity index (χ0) is 18.1. The van der Waals surface area contributed by atoms with E-state index < -0.39 is 0 Å². The number of rotatable bonds is 8. The van der Waals surface area contributed by atoms with E-state index in [-0.39, 0.29) is 6.04 Å². The zero-order valence-electron chi connectivity index (χ0n) is 15.5. The monoisotopic (exact) mass is 344 g/mol. The third kappa shape index (κ3) is 5.53. The number of para-hydroxylation sites is 1. The maximum absolute atomic E-state index is 5.66. The van der Waals surface area contributed by atoms with Crippen LogP contribution in [0.25, 0.3) is 0 Å². The molecule has 0 radical (unpaired) electrons. The third-order valence-corrected chi connectivity index (χ3v) is 3.90. The maximum Gasteiger partial charge on any atom is 0.191 e. The normalized spacial score (nSPS) is 12.9. The van der Waals surface area contributed by atoms with Crippen molar-refractivity contribution in [3.63, 3.8) is 0 Å². The number of nitrogens with zero attached hydrogens (tertiary/aromatic N) is 2. The zero-order valence-corrected chi connectivity index (χ0v) is 15.5. The first-order valence-electron chi connectivity index (χ1n) is 8.50. The Morgan fingerprint density at radius 2 is 2.00 bits per heavy atom. The lowest BCUT2D eigenvalue weighted by molar-refractivity contribution is 0.258. The molecule has 1 heterocycles. The molecular weight excluding hydrogens is 316 g/mol. The van der Waals surface area contributed by atoms with Gasteiger partial charge in [-0.25, -0.2) is 0 Å². The van der Waals surface area contributed by atoms with Crippen molar-refractivity contribution < 1.29 is 9.15 Å². The Labute approximate surface area is 149 Å². The Hall–Kier alpha value is -2.47. The molecule has 2 rings (SSSR count). The number of hydrogen-bond donors (Lipinski definition) is 2. The fourth-order valence-corrected chi connectivity index (χ4v) is 2.56. The topological polar surface area (TPSA) is 62.0 Å². The molecule has 2 N–H and O–H groups in total. The van der Waals surface area contributed by atoms with Crippen molar-refractivity contribution in [3.8, 4) is 5.75 Å². The van der Waals surface area contributed by atoms with Crippen molar-refractivity contribution in [3.05, 3.63) is 54.0 Å². The van der Waals surface area contributed by atoms with Crippen molar-refractivity contribution in [2.75, 3.05) is 34.3 Å². The minimum atomic E-state index is 0.129. The van der Waals surface area contributed by atoms with Gasteiger partial charge in [-0.3, -0.25) is 9.89 Å². The lowest BCUT2D eigenvalue weighted by atomic mass is 10.2. The number of likely N-dealkylation sites (N-methyl/N-ethyl adjacent to an activating group) is 1. The second-order valence-electron chi connectivity index (χ2n) is 5.84. The lowest BCUT2D eigenvalue weighted by Gasteiger charge is -2.23. The van der Waals surface area contributed by atoms with E-state index in [2.05, 4.69) is 26.6 Å². The standard InChI is InChI=1S/C19H28N4O2/c1-5-24-17-10-7-6-9-15(17)13-21-19(20-2)22-14-16(23(3)4)18-11-8-12-25-18/h6-12,16H,5,13-14H2,1-4H3,(H2,20,21,22). The molecule has 0 spiro atoms. The van der Waals surface area contributed by atoms with Crippen LogP contribution in [0, 0.1) is 0 Å². The van der Waals surface area contributed by atoms with Crippen molar-refractivity contribution in [1.29, 1.82) is 0 Å². The second kappa shape index (κ2) is 9.74. The van der Waals surface area contributed by atoms with Crippen LogP contribution >= 0.6 is 0 Å². The molecule has 0 saturated heterocycles. The molecule has 0 aliphatic heterocycles. The Morgan fingerprint density at radius 1 is 1.20 bits per heavy atom. The van der Waals surface area contributed by atoms with E-state index in [0.717, 1.165) is 23.0 Å². The summed E-state index contributed by atoms with van der Waals surface area (Å²) in [6.45, 7) is 3.97. The molecule has 0 aliphatic carbocycles. The summed E-state index contributed by atoms with van der Waals surface area (Å²) in [5, 5.41) is 6.69. The molecule has 0 fully saturated rings. The highest BCUT2D eigenvalue weighted by Gasteiger charge is 2.17. The summed E-state index contributed by atoms with van der Waals surface area (Å²) in [5.41, 5.74) is 1.10. The molecule has 0 bridgehead atoms. The van der Waals surface area contributed by atoms with E-state index in [9.17, 15) is 0 Å². The minimum absolute atomic E-state index is 0.129. The van der Waals surface area contributed by atoms with Crippen LogP contribution in [-0.2, 0) is 6.54 Å². The molecule has 6 nitrogen and oxygen atoms in total. The number of aliphatic imine (C=N–C) groups is 1. The van der Waals surface area contributed by atoms with Gasteiger partial charge in [-0.2, -0.15) is 0 Å². The lowest BCUT2D eigenvalue weighted by Crippen LogP contribution is -2.41. The van der Waals surface area contributed by atoms with Gasteiger partial charge in [0.2, 0.25) is 0 Å². The van der Waals surface area contributed by atoms with E-state index in [4.69, 9.17) is 9.15 Å². The van der Waals surface area contributed by atoms with E-state index in [1.807, 2.05) is 51.4 Å². The quantitative estimate of drug-likeness (QED) is 0.569. The van der Waals surface area contributed by atoms with Gasteiger partial charge in [-0.1, -0.05) is 18.2 Å². The third-order valence-electron chi connectivity index (χ3n) is 3.90. The van der Waals surface area contributed by atoms with E-state index >= 15 is 0 Å². The predicted octanol–water partition coefficient (Wildman–Crippen LogP) is 2.65. The molecule has 0 aliphatic rings. The Bertz CT molecular complexity index is 653. The van der Waals surface area contributed by atoms with E-state index in [1.165, 1.54) is 0 Å². The molecule has 1 aromatic carbocycles. The average molecular weight is 344 g/mol. The molecule has 0 amide bonds. The molecule has 1 aromatic heterocycles. The summed E-state index contributed by atoms with van der Waals surface area (Å²) in [5.74, 6) is 2.56. The van der Waals surface area contributed by atoms with Gasteiger partial charge in [0.25, 0.3) is 0 Å². The van der Waals surface area contributed by atoms with Gasteiger partial charge in [-0.05, 0) is 39.2 Å². The molecule has 0 saturated carbocycles. The number of hydrogen-bond acceptors (Lipinski definition) is 4. The number of benzene rings is 1. The highest BCUT2D eigenvalue weighted by molar-refractivity contribution is 5.79. The Morgan fingerprint density at radius 3 is 2.64 bits per heavy atom. The van der Waals surface area contributed by atoms with Crippen molar-refractivity contribution >= 4 is 5.96 Å². The fourth-order valence-electron chi connectivity index (χ4n) is 2.56. The first-order valence-corrected chi connectivity index (χ1v) is 8.50. The van der Waals surface area contributed by atoms with Gasteiger partial charge in [0.15, 0.2) is 5.96 Å². The molecule has 2 aromatic rings. The number of ether oxygens (including phenoxy) is 1. The summed E-state index contributed by atoms with van der Waals surface area (Å²) in [4.78, 5) is 6.41. The van der Waals surface area contributed by atoms with Gasteiger partial charge in [-0.15, -0.1) is 0 Å². The highest BCUT2D eigenvalue weighted by atomic mass is 16.5. The summed E-state index contributed by atoms with van der Waals surface area (Å²) in [6, 6.07) is 12.0. The Balaban J connectivity index is 1.93. The molecular formula is C19H28N4O2. The number of guanidine groups is 1. The average Bonchev–Trinajstić information content (AvgIpc) is 3.13. The Kier molecular flexibility index (Phi) is 7.35. The van der Waals surface area contributed by atoms with Crippen LogP contribution in [0.15, 0.2) is 52.1 Å². The number of nitrogens with one attached hydrogen (secondary N) is 2. The van der Waals surface area contributed by atoms with Crippen LogP contribution in [0.2, 0.25) is 0 Å². The molecule has 1 atom stereocenters. The summed E-state index contributed by atoms with van der Waals surface area (Å²) in [7, 11) is 5.83. The number of furan rings is 1. The molecule has 25 heavy (non-hydrogen) atoms. The maximum atomic E-state index is 5.66. The second-order valence-corrected chi connectivity index (χ2v) is 5.84. The highest BCUT2D eigenvalue weighted by Crippen LogP contribution is 2.18. The summed E-state index contributed by atoms with van der Waals surface area (Å²) < 4.78 is 11.2. The van der Waals surface area contributed by atoms with Crippen LogP contribution in [-0.4, -0.2) is 45.2 Å². The van der Waals surface area contributed by atoms with Crippen LogP contribution in [0.4, 0.5) is 0 Å². The largest absolute Gasteiger partial charge is 0.494 e. The van der Waals surface area contributed by atoms with Gasteiger partial charge in [0.1, 0.15) is 11.5 Å². The molecule has 136 valence electrons. The predicted molar refractivity (Wildman–Crippen MR) is 101 cm³/mol. The van der Waals surface area contributed by atoms with Crippen LogP contribution in [0.5, 0.6) is 5.75 Å². The van der Waals surface area contributed by atoms with Crippen molar-refractivity contribution in [2.24, 2.45) is 4.99 Å². The van der Waals surface area contributed by atoms with Gasteiger partial charge in [0.05, 0.1) is 18.9 Å². The smallest absolute Gasteiger partial charge is 0.191 e. The fraction of sp³-hybridized carbons (Fsp3) is 0.421. The van der Waals surface area contributed by atoms with Crippen molar-refractivity contribution in [1.82, 2.24) is 15.5 Å². The first kappa shape index (κ1) is 18.9.